The molecule has 2 unspecified atom stereocenters. The van der Waals surface area contributed by atoms with Crippen molar-refractivity contribution in [2.45, 2.75) is 64.3 Å². The van der Waals surface area contributed by atoms with Gasteiger partial charge in [0.25, 0.3) is 5.91 Å². The predicted octanol–water partition coefficient (Wildman–Crippen LogP) is 2.97. The van der Waals surface area contributed by atoms with Gasteiger partial charge in [0.1, 0.15) is 0 Å². The molecular weight excluding hydrogens is 288 g/mol. The van der Waals surface area contributed by atoms with Crippen molar-refractivity contribution in [1.82, 2.24) is 10.2 Å². The van der Waals surface area contributed by atoms with E-state index in [9.17, 15) is 4.79 Å². The molecular formula is C19H28N2O2. The van der Waals surface area contributed by atoms with Crippen LogP contribution in [-0.4, -0.2) is 42.1 Å². The second-order valence-electron chi connectivity index (χ2n) is 7.03. The second-order valence-corrected chi connectivity index (χ2v) is 7.03. The van der Waals surface area contributed by atoms with Crippen molar-refractivity contribution >= 4 is 5.91 Å². The van der Waals surface area contributed by atoms with Gasteiger partial charge in [-0.15, -0.1) is 0 Å². The number of nitrogens with one attached hydrogen (secondary N) is 1. The normalized spacial score (nSPS) is 25.7. The maximum Gasteiger partial charge on any atom is 0.254 e. The summed E-state index contributed by atoms with van der Waals surface area (Å²) in [5.41, 5.74) is 2.02. The third-order valence-electron chi connectivity index (χ3n) is 4.86. The lowest BCUT2D eigenvalue weighted by atomic mass is 10.1. The van der Waals surface area contributed by atoms with E-state index in [2.05, 4.69) is 17.4 Å². The van der Waals surface area contributed by atoms with Gasteiger partial charge in [0.15, 0.2) is 0 Å². The fourth-order valence-electron chi connectivity index (χ4n) is 3.68. The molecule has 3 rings (SSSR count). The first-order valence-electron chi connectivity index (χ1n) is 8.89. The van der Waals surface area contributed by atoms with Gasteiger partial charge in [-0.2, -0.15) is 0 Å². The van der Waals surface area contributed by atoms with E-state index in [0.29, 0.717) is 19.1 Å². The molecule has 0 aromatic heterocycles. The van der Waals surface area contributed by atoms with Crippen LogP contribution in [0.5, 0.6) is 0 Å². The molecule has 1 N–H and O–H groups in total. The molecule has 1 aromatic rings. The molecule has 1 heterocycles. The number of ether oxygens (including phenoxy) is 1. The monoisotopic (exact) mass is 316 g/mol. The Bertz CT molecular complexity index is 513. The number of carbonyl (C=O) groups excluding carboxylic acids is 1. The summed E-state index contributed by atoms with van der Waals surface area (Å²) in [7, 11) is 0. The molecule has 1 aliphatic carbocycles. The van der Waals surface area contributed by atoms with Gasteiger partial charge < -0.3 is 15.0 Å². The van der Waals surface area contributed by atoms with Gasteiger partial charge >= 0.3 is 0 Å². The molecule has 1 saturated carbocycles. The second kappa shape index (κ2) is 7.45. The Hall–Kier alpha value is -1.39. The van der Waals surface area contributed by atoms with E-state index in [1.165, 1.54) is 31.2 Å². The molecule has 4 nitrogen and oxygen atoms in total. The highest BCUT2D eigenvalue weighted by molar-refractivity contribution is 5.94. The fraction of sp³-hybridized carbons (Fsp3) is 0.632. The molecule has 2 atom stereocenters. The average Bonchev–Trinajstić information content (AvgIpc) is 3.05. The third-order valence-corrected chi connectivity index (χ3v) is 4.86. The van der Waals surface area contributed by atoms with Crippen LogP contribution in [-0.2, 0) is 11.3 Å². The van der Waals surface area contributed by atoms with Crippen molar-refractivity contribution in [3.63, 3.8) is 0 Å². The van der Waals surface area contributed by atoms with Crippen LogP contribution in [0.4, 0.5) is 0 Å². The number of carbonyl (C=O) groups is 1. The number of morpholine rings is 1. The number of benzene rings is 1. The highest BCUT2D eigenvalue weighted by Gasteiger charge is 2.26. The van der Waals surface area contributed by atoms with Crippen molar-refractivity contribution in [2.75, 3.05) is 13.1 Å². The van der Waals surface area contributed by atoms with E-state index in [4.69, 9.17) is 4.74 Å². The minimum Gasteiger partial charge on any atom is -0.372 e. The van der Waals surface area contributed by atoms with Crippen LogP contribution < -0.4 is 5.32 Å². The van der Waals surface area contributed by atoms with E-state index in [0.717, 1.165) is 12.1 Å². The van der Waals surface area contributed by atoms with Crippen molar-refractivity contribution in [3.05, 3.63) is 35.4 Å². The van der Waals surface area contributed by atoms with Crippen LogP contribution in [0, 0.1) is 0 Å². The third kappa shape index (κ3) is 4.33. The minimum atomic E-state index is 0.109. The topological polar surface area (TPSA) is 41.6 Å². The van der Waals surface area contributed by atoms with Crippen LogP contribution in [0.15, 0.2) is 24.3 Å². The molecule has 2 aliphatic rings. The quantitative estimate of drug-likeness (QED) is 0.928. The zero-order valence-corrected chi connectivity index (χ0v) is 14.3. The Balaban J connectivity index is 1.56. The van der Waals surface area contributed by atoms with E-state index < -0.39 is 0 Å². The van der Waals surface area contributed by atoms with Crippen molar-refractivity contribution in [1.29, 1.82) is 0 Å². The smallest absolute Gasteiger partial charge is 0.254 e. The standard InChI is InChI=1S/C19H28N2O2/c1-14-12-21(13-15(2)23-14)19(22)17-9-7-16(8-10-17)11-20-18-5-3-4-6-18/h7-10,14-15,18,20H,3-6,11-13H2,1-2H3. The Morgan fingerprint density at radius 3 is 2.35 bits per heavy atom. The zero-order chi connectivity index (χ0) is 16.2. The summed E-state index contributed by atoms with van der Waals surface area (Å²) >= 11 is 0. The van der Waals surface area contributed by atoms with Gasteiger partial charge in [-0.1, -0.05) is 25.0 Å². The maximum atomic E-state index is 12.6. The average molecular weight is 316 g/mol. The Morgan fingerprint density at radius 1 is 1.13 bits per heavy atom. The van der Waals surface area contributed by atoms with Crippen molar-refractivity contribution in [2.24, 2.45) is 0 Å². The fourth-order valence-corrected chi connectivity index (χ4v) is 3.68. The van der Waals surface area contributed by atoms with Crippen molar-refractivity contribution < 1.29 is 9.53 Å². The highest BCUT2D eigenvalue weighted by atomic mass is 16.5. The first-order chi connectivity index (χ1) is 11.1. The number of hydrogen-bond acceptors (Lipinski definition) is 3. The van der Waals surface area contributed by atoms with Gasteiger partial charge in [-0.25, -0.2) is 0 Å². The largest absolute Gasteiger partial charge is 0.372 e. The maximum absolute atomic E-state index is 12.6. The van der Waals surface area contributed by atoms with E-state index in [-0.39, 0.29) is 18.1 Å². The first-order valence-corrected chi connectivity index (χ1v) is 8.89. The molecule has 1 saturated heterocycles. The molecule has 0 radical (unpaired) electrons. The van der Waals surface area contributed by atoms with E-state index in [1.54, 1.807) is 0 Å². The summed E-state index contributed by atoms with van der Waals surface area (Å²) in [6, 6.07) is 8.73. The van der Waals surface area contributed by atoms with Gasteiger partial charge in [-0.05, 0) is 44.4 Å². The molecule has 4 heteroatoms. The number of nitrogens with zero attached hydrogens (tertiary/aromatic N) is 1. The van der Waals surface area contributed by atoms with Crippen LogP contribution >= 0.6 is 0 Å². The van der Waals surface area contributed by atoms with Crippen molar-refractivity contribution in [3.8, 4) is 0 Å². The SMILES string of the molecule is CC1CN(C(=O)c2ccc(CNC3CCCC3)cc2)CC(C)O1. The highest BCUT2D eigenvalue weighted by Crippen LogP contribution is 2.18. The summed E-state index contributed by atoms with van der Waals surface area (Å²) in [4.78, 5) is 14.5. The van der Waals surface area contributed by atoms with Crippen LogP contribution in [0.3, 0.4) is 0 Å². The Kier molecular flexibility index (Phi) is 5.34. The van der Waals surface area contributed by atoms with Crippen LogP contribution in [0.2, 0.25) is 0 Å². The zero-order valence-electron chi connectivity index (χ0n) is 14.3. The Labute approximate surface area is 139 Å². The molecule has 1 amide bonds. The Morgan fingerprint density at radius 2 is 1.74 bits per heavy atom. The lowest BCUT2D eigenvalue weighted by Crippen LogP contribution is -2.48. The predicted molar refractivity (Wildman–Crippen MR) is 91.5 cm³/mol. The van der Waals surface area contributed by atoms with Gasteiger partial charge in [0, 0.05) is 31.2 Å². The van der Waals surface area contributed by atoms with E-state index >= 15 is 0 Å². The molecule has 23 heavy (non-hydrogen) atoms. The number of rotatable bonds is 4. The van der Waals surface area contributed by atoms with Crippen LogP contribution in [0.1, 0.15) is 55.5 Å². The molecule has 1 aromatic carbocycles. The summed E-state index contributed by atoms with van der Waals surface area (Å²) in [6.45, 7) is 6.29. The van der Waals surface area contributed by atoms with E-state index in [1.807, 2.05) is 30.9 Å². The summed E-state index contributed by atoms with van der Waals surface area (Å²) in [5.74, 6) is 0.113. The summed E-state index contributed by atoms with van der Waals surface area (Å²) < 4.78 is 5.70. The molecule has 126 valence electrons. The molecule has 0 bridgehead atoms. The number of amides is 1. The number of hydrogen-bond donors (Lipinski definition) is 1. The minimum absolute atomic E-state index is 0.109. The van der Waals surface area contributed by atoms with Gasteiger partial charge in [-0.3, -0.25) is 4.79 Å². The van der Waals surface area contributed by atoms with Gasteiger partial charge in [0.2, 0.25) is 0 Å². The first kappa shape index (κ1) is 16.5. The van der Waals surface area contributed by atoms with Gasteiger partial charge in [0.05, 0.1) is 12.2 Å². The molecule has 0 spiro atoms. The van der Waals surface area contributed by atoms with Crippen LogP contribution in [0.25, 0.3) is 0 Å². The lowest BCUT2D eigenvalue weighted by molar-refractivity contribution is -0.0586. The summed E-state index contributed by atoms with van der Waals surface area (Å²) in [5, 5.41) is 3.61. The lowest BCUT2D eigenvalue weighted by Gasteiger charge is -2.35. The molecule has 1 aliphatic heterocycles. The summed E-state index contributed by atoms with van der Waals surface area (Å²) in [6.07, 6.45) is 5.51. The molecule has 2 fully saturated rings.